The Morgan fingerprint density at radius 2 is 1.94 bits per heavy atom. The number of carbonyl (C=O) groups excluding carboxylic acids is 4. The van der Waals surface area contributed by atoms with E-state index < -0.39 is 91.5 Å². The molecule has 2 fully saturated rings. The van der Waals surface area contributed by atoms with Crippen LogP contribution in [0.1, 0.15) is 32.6 Å². The lowest BCUT2D eigenvalue weighted by Gasteiger charge is -2.44. The number of amides is 4. The molecule has 0 aromatic carbocycles. The third kappa shape index (κ3) is 7.07. The normalized spacial score (nSPS) is 32.2. The molecule has 2 saturated heterocycles. The van der Waals surface area contributed by atoms with Crippen LogP contribution in [0.3, 0.4) is 0 Å². The van der Waals surface area contributed by atoms with Crippen molar-refractivity contribution in [1.29, 1.82) is 0 Å². The second kappa shape index (κ2) is 12.0. The van der Waals surface area contributed by atoms with Gasteiger partial charge in [-0.25, -0.2) is 0 Å². The number of rotatable bonds is 10. The maximum atomic E-state index is 12.6. The molecule has 9 N–H and O–H groups in total. The van der Waals surface area contributed by atoms with Crippen molar-refractivity contribution in [3.05, 3.63) is 0 Å². The van der Waals surface area contributed by atoms with Crippen LogP contribution in [0.5, 0.6) is 0 Å². The maximum absolute atomic E-state index is 12.6. The first-order chi connectivity index (χ1) is 15.9. The van der Waals surface area contributed by atoms with E-state index in [9.17, 15) is 39.3 Å². The number of carbonyl (C=O) groups is 5. The fourth-order valence-corrected chi connectivity index (χ4v) is 3.76. The topological polar surface area (TPSA) is 247 Å². The summed E-state index contributed by atoms with van der Waals surface area (Å²) in [5, 5.41) is 45.9. The number of hydrogen-bond donors (Lipinski definition) is 8. The highest BCUT2D eigenvalue weighted by atomic mass is 16.6. The number of nitrogens with two attached hydrogens (primary N) is 1. The number of carboxylic acids is 1. The molecule has 15 heteroatoms. The van der Waals surface area contributed by atoms with Gasteiger partial charge in [-0.15, -0.1) is 0 Å². The molecule has 2 aliphatic heterocycles. The van der Waals surface area contributed by atoms with Crippen molar-refractivity contribution >= 4 is 29.6 Å². The fraction of sp³-hybridized carbons (Fsp3) is 0.737. The van der Waals surface area contributed by atoms with E-state index in [1.165, 1.54) is 6.92 Å². The second-order valence-corrected chi connectivity index (χ2v) is 8.09. The summed E-state index contributed by atoms with van der Waals surface area (Å²) in [6, 6.07) is -3.53. The van der Waals surface area contributed by atoms with Crippen LogP contribution >= 0.6 is 0 Å². The van der Waals surface area contributed by atoms with E-state index in [1.54, 1.807) is 0 Å². The standard InChI is InChI=1S/C19H30N4O11/c1-7(25)21-13-15(14(28)11(6-24)34-19(13)32)33-10-4-2-9(23-18(10)31)17(30)22-8(16(20)29)3-5-12(26)27/h8-11,13-15,19,24,28,32H,2-6H2,1H3,(H2,20,29)(H,21,25)(H,22,30)(H,23,31)(H,26,27)/t8-,9-,10?,11+,13+,14+,15+,19-/m0/s1. The van der Waals surface area contributed by atoms with E-state index in [-0.39, 0.29) is 19.3 Å². The molecule has 2 aliphatic rings. The molecule has 0 aromatic rings. The largest absolute Gasteiger partial charge is 0.481 e. The lowest BCUT2D eigenvalue weighted by Crippen LogP contribution is -2.66. The minimum absolute atomic E-state index is 0.00294. The Bertz CT molecular complexity index is 794. The average molecular weight is 490 g/mol. The molecule has 1 unspecified atom stereocenters. The minimum Gasteiger partial charge on any atom is -0.481 e. The summed E-state index contributed by atoms with van der Waals surface area (Å²) >= 11 is 0. The number of primary amides is 1. The van der Waals surface area contributed by atoms with Crippen molar-refractivity contribution in [2.45, 2.75) is 81.4 Å². The van der Waals surface area contributed by atoms with Gasteiger partial charge in [0.05, 0.1) is 6.61 Å². The molecular formula is C19H30N4O11. The smallest absolute Gasteiger partial charge is 0.303 e. The summed E-state index contributed by atoms with van der Waals surface area (Å²) in [5.41, 5.74) is 5.19. The van der Waals surface area contributed by atoms with E-state index in [2.05, 4.69) is 16.0 Å². The van der Waals surface area contributed by atoms with Gasteiger partial charge in [-0.05, 0) is 19.3 Å². The number of carboxylic acid groups (broad SMARTS) is 1. The summed E-state index contributed by atoms with van der Waals surface area (Å²) in [7, 11) is 0. The third-order valence-electron chi connectivity index (χ3n) is 5.51. The molecule has 192 valence electrons. The van der Waals surface area contributed by atoms with E-state index in [1.807, 2.05) is 0 Å². The summed E-state index contributed by atoms with van der Waals surface area (Å²) in [5.74, 6) is -4.13. The molecule has 4 amide bonds. The Labute approximate surface area is 193 Å². The number of aliphatic hydroxyl groups is 3. The predicted molar refractivity (Wildman–Crippen MR) is 109 cm³/mol. The van der Waals surface area contributed by atoms with Crippen molar-refractivity contribution in [2.24, 2.45) is 5.73 Å². The van der Waals surface area contributed by atoms with Gasteiger partial charge in [0.1, 0.15) is 42.5 Å². The molecule has 34 heavy (non-hydrogen) atoms. The molecule has 8 atom stereocenters. The second-order valence-electron chi connectivity index (χ2n) is 8.09. The Hall–Kier alpha value is -2.85. The highest BCUT2D eigenvalue weighted by Crippen LogP contribution is 2.26. The highest BCUT2D eigenvalue weighted by molar-refractivity contribution is 5.93. The van der Waals surface area contributed by atoms with Crippen LogP contribution in [-0.4, -0.2) is 105 Å². The van der Waals surface area contributed by atoms with Crippen LogP contribution in [0.4, 0.5) is 0 Å². The van der Waals surface area contributed by atoms with Gasteiger partial charge < -0.3 is 51.6 Å². The first-order valence-corrected chi connectivity index (χ1v) is 10.6. The number of piperidine rings is 1. The Morgan fingerprint density at radius 1 is 1.26 bits per heavy atom. The highest BCUT2D eigenvalue weighted by Gasteiger charge is 2.48. The Morgan fingerprint density at radius 3 is 2.47 bits per heavy atom. The van der Waals surface area contributed by atoms with Crippen LogP contribution in [-0.2, 0) is 33.4 Å². The summed E-state index contributed by atoms with van der Waals surface area (Å²) < 4.78 is 10.8. The average Bonchev–Trinajstić information content (AvgIpc) is 2.76. The number of aliphatic hydroxyl groups excluding tert-OH is 3. The van der Waals surface area contributed by atoms with Gasteiger partial charge in [0.25, 0.3) is 0 Å². The molecule has 0 aromatic heterocycles. The molecule has 0 bridgehead atoms. The summed E-state index contributed by atoms with van der Waals surface area (Å²) in [4.78, 5) is 58.7. The van der Waals surface area contributed by atoms with Crippen molar-refractivity contribution in [3.63, 3.8) is 0 Å². The van der Waals surface area contributed by atoms with Gasteiger partial charge >= 0.3 is 5.97 Å². The zero-order valence-corrected chi connectivity index (χ0v) is 18.4. The van der Waals surface area contributed by atoms with Crippen LogP contribution in [0, 0.1) is 0 Å². The lowest BCUT2D eigenvalue weighted by atomic mass is 9.95. The van der Waals surface area contributed by atoms with Crippen LogP contribution in [0.25, 0.3) is 0 Å². The third-order valence-corrected chi connectivity index (χ3v) is 5.51. The SMILES string of the molecule is CC(=O)N[C@@H]1[C@@H](OC2CC[C@@H](C(=O)N[C@@H](CCC(=O)O)C(N)=O)NC2=O)[C@H](O)[C@@H](CO)O[C@@H]1O. The molecule has 0 aliphatic carbocycles. The van der Waals surface area contributed by atoms with Crippen LogP contribution in [0.15, 0.2) is 0 Å². The molecule has 15 nitrogen and oxygen atoms in total. The van der Waals surface area contributed by atoms with Gasteiger partial charge in [-0.3, -0.25) is 24.0 Å². The summed E-state index contributed by atoms with van der Waals surface area (Å²) in [6.45, 7) is 0.507. The van der Waals surface area contributed by atoms with Crippen LogP contribution in [0.2, 0.25) is 0 Å². The number of aliphatic carboxylic acids is 1. The molecule has 0 radical (unpaired) electrons. The van der Waals surface area contributed by atoms with Gasteiger partial charge in [-0.1, -0.05) is 0 Å². The van der Waals surface area contributed by atoms with Crippen molar-refractivity contribution < 1.29 is 53.9 Å². The van der Waals surface area contributed by atoms with Gasteiger partial charge in [0.15, 0.2) is 6.29 Å². The zero-order valence-electron chi connectivity index (χ0n) is 18.4. The van der Waals surface area contributed by atoms with E-state index >= 15 is 0 Å². The molecule has 0 spiro atoms. The molecule has 2 rings (SSSR count). The molecule has 2 heterocycles. The Balaban J connectivity index is 2.02. The van der Waals surface area contributed by atoms with E-state index in [0.717, 1.165) is 0 Å². The van der Waals surface area contributed by atoms with Crippen LogP contribution < -0.4 is 21.7 Å². The van der Waals surface area contributed by atoms with Crippen molar-refractivity contribution in [2.75, 3.05) is 6.61 Å². The van der Waals surface area contributed by atoms with Gasteiger partial charge in [-0.2, -0.15) is 0 Å². The monoisotopic (exact) mass is 490 g/mol. The summed E-state index contributed by atoms with van der Waals surface area (Å²) in [6.07, 6.45) is -7.41. The zero-order chi connectivity index (χ0) is 25.6. The quantitative estimate of drug-likeness (QED) is 0.145. The first-order valence-electron chi connectivity index (χ1n) is 10.6. The van der Waals surface area contributed by atoms with E-state index in [0.29, 0.717) is 0 Å². The lowest BCUT2D eigenvalue weighted by molar-refractivity contribution is -0.268. The first kappa shape index (κ1) is 27.4. The van der Waals surface area contributed by atoms with E-state index in [4.69, 9.17) is 20.3 Å². The van der Waals surface area contributed by atoms with Gasteiger partial charge in [0.2, 0.25) is 23.6 Å². The van der Waals surface area contributed by atoms with Crippen molar-refractivity contribution in [3.8, 4) is 0 Å². The minimum atomic E-state index is -1.63. The van der Waals surface area contributed by atoms with Gasteiger partial charge in [0, 0.05) is 13.3 Å². The molecule has 0 saturated carbocycles. The molecular weight excluding hydrogens is 460 g/mol. The Kier molecular flexibility index (Phi) is 9.69. The predicted octanol–water partition coefficient (Wildman–Crippen LogP) is -4.57. The number of nitrogens with one attached hydrogen (secondary N) is 3. The maximum Gasteiger partial charge on any atom is 0.303 e. The fourth-order valence-electron chi connectivity index (χ4n) is 3.76. The number of ether oxygens (including phenoxy) is 2. The van der Waals surface area contributed by atoms with Crippen molar-refractivity contribution in [1.82, 2.24) is 16.0 Å². The number of hydrogen-bond acceptors (Lipinski definition) is 10.